The Morgan fingerprint density at radius 1 is 1.05 bits per heavy atom. The van der Waals surface area contributed by atoms with Crippen LogP contribution >= 0.6 is 11.8 Å². The number of fused-ring (bicyclic) bond motifs is 1. The molecule has 3 aromatic rings. The minimum absolute atomic E-state index is 0.0512. The lowest BCUT2D eigenvalue weighted by Crippen LogP contribution is -2.12. The molecule has 0 saturated heterocycles. The average molecular weight is 319 g/mol. The van der Waals surface area contributed by atoms with E-state index in [1.807, 2.05) is 30.3 Å². The minimum atomic E-state index is -3.74. The van der Waals surface area contributed by atoms with Crippen molar-refractivity contribution in [2.75, 3.05) is 5.73 Å². The lowest BCUT2D eigenvalue weighted by molar-refractivity contribution is 0.597. The number of benzene rings is 2. The number of H-pyrrole nitrogens is 1. The molecule has 0 saturated carbocycles. The number of primary sulfonamides is 1. The molecule has 1 aromatic heterocycles. The first-order valence-electron chi connectivity index (χ1n) is 6.11. The SMILES string of the molecule is Nc1ccc(S(N)(=O)=O)cc1Sc1cc2ccccc2[nH]1. The van der Waals surface area contributed by atoms with Crippen molar-refractivity contribution in [1.29, 1.82) is 0 Å². The van der Waals surface area contributed by atoms with Crippen molar-refractivity contribution in [3.63, 3.8) is 0 Å². The smallest absolute Gasteiger partial charge is 0.238 e. The van der Waals surface area contributed by atoms with Crippen LogP contribution in [-0.2, 0) is 10.0 Å². The van der Waals surface area contributed by atoms with E-state index in [-0.39, 0.29) is 4.90 Å². The van der Waals surface area contributed by atoms with E-state index in [0.717, 1.165) is 15.9 Å². The third-order valence-corrected chi connectivity index (χ3v) is 4.96. The van der Waals surface area contributed by atoms with Crippen LogP contribution in [0, 0.1) is 0 Å². The molecular formula is C14H13N3O2S2. The highest BCUT2D eigenvalue weighted by molar-refractivity contribution is 7.99. The Labute approximate surface area is 126 Å². The average Bonchev–Trinajstić information content (AvgIpc) is 2.82. The molecule has 0 atom stereocenters. The minimum Gasteiger partial charge on any atom is -0.398 e. The van der Waals surface area contributed by atoms with E-state index in [2.05, 4.69) is 4.98 Å². The van der Waals surface area contributed by atoms with Crippen LogP contribution in [0.3, 0.4) is 0 Å². The number of hydrogen-bond acceptors (Lipinski definition) is 4. The molecular weight excluding hydrogens is 306 g/mol. The maximum absolute atomic E-state index is 11.4. The van der Waals surface area contributed by atoms with Crippen molar-refractivity contribution in [3.8, 4) is 0 Å². The van der Waals surface area contributed by atoms with Crippen LogP contribution in [0.25, 0.3) is 10.9 Å². The van der Waals surface area contributed by atoms with Gasteiger partial charge in [0, 0.05) is 21.5 Å². The topological polar surface area (TPSA) is 102 Å². The number of aromatic nitrogens is 1. The molecule has 108 valence electrons. The molecule has 0 bridgehead atoms. The van der Waals surface area contributed by atoms with E-state index < -0.39 is 10.0 Å². The second-order valence-corrected chi connectivity index (χ2v) is 7.21. The quantitative estimate of drug-likeness (QED) is 0.646. The van der Waals surface area contributed by atoms with E-state index in [4.69, 9.17) is 10.9 Å². The molecule has 0 radical (unpaired) electrons. The normalized spacial score (nSPS) is 11.9. The van der Waals surface area contributed by atoms with Gasteiger partial charge in [-0.3, -0.25) is 0 Å². The number of hydrogen-bond donors (Lipinski definition) is 3. The monoisotopic (exact) mass is 319 g/mol. The Morgan fingerprint density at radius 2 is 1.81 bits per heavy atom. The lowest BCUT2D eigenvalue weighted by atomic mass is 10.3. The van der Waals surface area contributed by atoms with Gasteiger partial charge in [-0.05, 0) is 30.3 Å². The summed E-state index contributed by atoms with van der Waals surface area (Å²) in [4.78, 5) is 3.95. The summed E-state index contributed by atoms with van der Waals surface area (Å²) in [6.45, 7) is 0. The highest BCUT2D eigenvalue weighted by atomic mass is 32.2. The Bertz CT molecular complexity index is 884. The number of nitrogens with two attached hydrogens (primary N) is 2. The second-order valence-electron chi connectivity index (χ2n) is 4.57. The van der Waals surface area contributed by atoms with Crippen molar-refractivity contribution in [3.05, 3.63) is 48.5 Å². The highest BCUT2D eigenvalue weighted by Gasteiger charge is 2.12. The number of aromatic amines is 1. The standard InChI is InChI=1S/C14H13N3O2S2/c15-11-6-5-10(21(16,18)19)8-13(11)20-14-7-9-3-1-2-4-12(9)17-14/h1-8,17H,15H2,(H2,16,18,19). The first-order valence-corrected chi connectivity index (χ1v) is 8.48. The first kappa shape index (κ1) is 14.0. The summed E-state index contributed by atoms with van der Waals surface area (Å²) in [5, 5.41) is 7.11. The summed E-state index contributed by atoms with van der Waals surface area (Å²) in [5.41, 5.74) is 7.43. The van der Waals surface area contributed by atoms with Gasteiger partial charge in [-0.15, -0.1) is 0 Å². The van der Waals surface area contributed by atoms with Gasteiger partial charge in [0.2, 0.25) is 10.0 Å². The molecule has 0 aliphatic rings. The third-order valence-electron chi connectivity index (χ3n) is 3.04. The number of nitrogens with one attached hydrogen (secondary N) is 1. The van der Waals surface area contributed by atoms with Crippen molar-refractivity contribution >= 4 is 38.4 Å². The Kier molecular flexibility index (Phi) is 3.40. The molecule has 0 unspecified atom stereocenters. The van der Waals surface area contributed by atoms with E-state index in [9.17, 15) is 8.42 Å². The predicted molar refractivity (Wildman–Crippen MR) is 84.6 cm³/mol. The van der Waals surface area contributed by atoms with Crippen LogP contribution in [0.1, 0.15) is 0 Å². The van der Waals surface area contributed by atoms with Crippen molar-refractivity contribution in [2.24, 2.45) is 5.14 Å². The van der Waals surface area contributed by atoms with Gasteiger partial charge in [-0.1, -0.05) is 30.0 Å². The summed E-state index contributed by atoms with van der Waals surface area (Å²) in [7, 11) is -3.74. The zero-order valence-electron chi connectivity index (χ0n) is 10.9. The molecule has 0 amide bonds. The predicted octanol–water partition coefficient (Wildman–Crippen LogP) is 2.55. The zero-order chi connectivity index (χ0) is 15.0. The zero-order valence-corrected chi connectivity index (χ0v) is 12.5. The third kappa shape index (κ3) is 2.90. The molecule has 5 N–H and O–H groups in total. The number of nitrogen functional groups attached to an aromatic ring is 1. The van der Waals surface area contributed by atoms with Crippen molar-refractivity contribution in [1.82, 2.24) is 4.98 Å². The Hall–Kier alpha value is -1.96. The molecule has 0 aliphatic carbocycles. The fourth-order valence-electron chi connectivity index (χ4n) is 2.00. The fraction of sp³-hybridized carbons (Fsp3) is 0. The van der Waals surface area contributed by atoms with E-state index >= 15 is 0 Å². The van der Waals surface area contributed by atoms with Crippen molar-refractivity contribution < 1.29 is 8.42 Å². The molecule has 5 nitrogen and oxygen atoms in total. The van der Waals surface area contributed by atoms with Gasteiger partial charge in [0.05, 0.1) is 9.92 Å². The second kappa shape index (κ2) is 5.10. The van der Waals surface area contributed by atoms with Crippen LogP contribution in [0.5, 0.6) is 0 Å². The van der Waals surface area contributed by atoms with E-state index in [1.165, 1.54) is 23.9 Å². The van der Waals surface area contributed by atoms with Gasteiger partial charge < -0.3 is 10.7 Å². The van der Waals surface area contributed by atoms with Crippen LogP contribution < -0.4 is 10.9 Å². The summed E-state index contributed by atoms with van der Waals surface area (Å²) < 4.78 is 22.8. The lowest BCUT2D eigenvalue weighted by Gasteiger charge is -2.06. The molecule has 2 aromatic carbocycles. The first-order chi connectivity index (χ1) is 9.93. The fourth-order valence-corrected chi connectivity index (χ4v) is 3.57. The summed E-state index contributed by atoms with van der Waals surface area (Å²) >= 11 is 1.37. The van der Waals surface area contributed by atoms with Crippen molar-refractivity contribution in [2.45, 2.75) is 14.8 Å². The van der Waals surface area contributed by atoms with Gasteiger partial charge >= 0.3 is 0 Å². The summed E-state index contributed by atoms with van der Waals surface area (Å²) in [5.74, 6) is 0. The van der Waals surface area contributed by atoms with Crippen LogP contribution in [-0.4, -0.2) is 13.4 Å². The molecule has 0 fully saturated rings. The van der Waals surface area contributed by atoms with Gasteiger partial charge in [-0.2, -0.15) is 0 Å². The Morgan fingerprint density at radius 3 is 2.52 bits per heavy atom. The maximum Gasteiger partial charge on any atom is 0.238 e. The molecule has 21 heavy (non-hydrogen) atoms. The van der Waals surface area contributed by atoms with E-state index in [1.54, 1.807) is 6.07 Å². The number of sulfonamides is 1. The maximum atomic E-state index is 11.4. The highest BCUT2D eigenvalue weighted by Crippen LogP contribution is 2.34. The molecule has 1 heterocycles. The van der Waals surface area contributed by atoms with Gasteiger partial charge in [0.25, 0.3) is 0 Å². The van der Waals surface area contributed by atoms with Crippen LogP contribution in [0.15, 0.2) is 63.3 Å². The molecule has 0 aliphatic heterocycles. The molecule has 3 rings (SSSR count). The van der Waals surface area contributed by atoms with Gasteiger partial charge in [-0.25, -0.2) is 13.6 Å². The molecule has 0 spiro atoms. The Balaban J connectivity index is 2.01. The molecule has 7 heteroatoms. The number of anilines is 1. The van der Waals surface area contributed by atoms with Gasteiger partial charge in [0.15, 0.2) is 0 Å². The number of para-hydroxylation sites is 1. The van der Waals surface area contributed by atoms with Crippen LogP contribution in [0.4, 0.5) is 5.69 Å². The number of rotatable bonds is 3. The largest absolute Gasteiger partial charge is 0.398 e. The summed E-state index contributed by atoms with van der Waals surface area (Å²) in [6.07, 6.45) is 0. The van der Waals surface area contributed by atoms with Crippen LogP contribution in [0.2, 0.25) is 0 Å². The summed E-state index contributed by atoms with van der Waals surface area (Å²) in [6, 6.07) is 14.3. The van der Waals surface area contributed by atoms with E-state index in [0.29, 0.717) is 10.6 Å². The van der Waals surface area contributed by atoms with Gasteiger partial charge in [0.1, 0.15) is 0 Å².